The van der Waals surface area contributed by atoms with Crippen LogP contribution >= 0.6 is 0 Å². The third-order valence-corrected chi connectivity index (χ3v) is 3.18. The Bertz CT molecular complexity index is 699. The lowest BCUT2D eigenvalue weighted by atomic mass is 10.1. The highest BCUT2D eigenvalue weighted by Crippen LogP contribution is 2.22. The van der Waals surface area contributed by atoms with Crippen molar-refractivity contribution in [1.82, 2.24) is 14.6 Å². The van der Waals surface area contributed by atoms with E-state index < -0.39 is 0 Å². The van der Waals surface area contributed by atoms with Gasteiger partial charge in [0.2, 0.25) is 0 Å². The average molecular weight is 253 g/mol. The van der Waals surface area contributed by atoms with E-state index in [1.54, 1.807) is 16.9 Å². The topological polar surface area (TPSA) is 68.2 Å². The van der Waals surface area contributed by atoms with Gasteiger partial charge >= 0.3 is 0 Å². The minimum absolute atomic E-state index is 0.617. The largest absolute Gasteiger partial charge is 0.307 e. The van der Waals surface area contributed by atoms with Crippen LogP contribution in [-0.4, -0.2) is 14.6 Å². The number of hydrogen-bond donors (Lipinski definition) is 2. The molecule has 0 atom stereocenters. The van der Waals surface area contributed by atoms with Crippen LogP contribution in [0.2, 0.25) is 0 Å². The molecule has 3 rings (SSSR count). The van der Waals surface area contributed by atoms with E-state index in [4.69, 9.17) is 5.84 Å². The fraction of sp³-hybridized carbons (Fsp3) is 0.143. The van der Waals surface area contributed by atoms with Crippen LogP contribution in [0.15, 0.2) is 42.7 Å². The normalized spacial score (nSPS) is 10.8. The van der Waals surface area contributed by atoms with Gasteiger partial charge in [-0.25, -0.2) is 15.3 Å². The van der Waals surface area contributed by atoms with E-state index in [1.165, 1.54) is 5.56 Å². The summed E-state index contributed by atoms with van der Waals surface area (Å²) in [5.74, 6) is 6.07. The van der Waals surface area contributed by atoms with Crippen LogP contribution in [0.25, 0.3) is 16.8 Å². The predicted molar refractivity (Wildman–Crippen MR) is 75.6 cm³/mol. The standard InChI is InChI=1S/C14H15N5/c1-2-10-3-5-11(6-4-10)12-9-13-14(17-15)16-7-8-19(13)18-12/h3-9H,2,15H2,1H3,(H,16,17). The van der Waals surface area contributed by atoms with Gasteiger partial charge in [0, 0.05) is 18.0 Å². The molecule has 19 heavy (non-hydrogen) atoms. The molecule has 3 N–H and O–H groups in total. The van der Waals surface area contributed by atoms with E-state index in [1.807, 2.05) is 6.07 Å². The number of nitrogen functional groups attached to an aromatic ring is 1. The number of nitrogens with one attached hydrogen (secondary N) is 1. The molecule has 0 saturated carbocycles. The van der Waals surface area contributed by atoms with Gasteiger partial charge in [0.25, 0.3) is 0 Å². The molecule has 2 heterocycles. The minimum Gasteiger partial charge on any atom is -0.307 e. The lowest BCUT2D eigenvalue weighted by Gasteiger charge is -1.99. The fourth-order valence-electron chi connectivity index (χ4n) is 2.09. The predicted octanol–water partition coefficient (Wildman–Crippen LogP) is 2.24. The van der Waals surface area contributed by atoms with Gasteiger partial charge in [-0.2, -0.15) is 5.10 Å². The summed E-state index contributed by atoms with van der Waals surface area (Å²) in [5.41, 5.74) is 6.76. The second-order valence-electron chi connectivity index (χ2n) is 4.33. The van der Waals surface area contributed by atoms with Crippen molar-refractivity contribution in [2.45, 2.75) is 13.3 Å². The SMILES string of the molecule is CCc1ccc(-c2cc3c(NN)nccn3n2)cc1. The smallest absolute Gasteiger partial charge is 0.166 e. The zero-order chi connectivity index (χ0) is 13.2. The molecule has 0 amide bonds. The maximum atomic E-state index is 5.45. The lowest BCUT2D eigenvalue weighted by molar-refractivity contribution is 0.949. The van der Waals surface area contributed by atoms with Gasteiger partial charge in [0.05, 0.1) is 5.69 Å². The van der Waals surface area contributed by atoms with E-state index in [0.29, 0.717) is 5.82 Å². The highest BCUT2D eigenvalue weighted by atomic mass is 15.3. The number of nitrogens with two attached hydrogens (primary N) is 1. The zero-order valence-electron chi connectivity index (χ0n) is 10.7. The summed E-state index contributed by atoms with van der Waals surface area (Å²) in [5, 5.41) is 4.53. The number of hydrazine groups is 1. The summed E-state index contributed by atoms with van der Waals surface area (Å²) < 4.78 is 1.77. The Morgan fingerprint density at radius 2 is 2.05 bits per heavy atom. The van der Waals surface area contributed by atoms with Crippen molar-refractivity contribution in [2.75, 3.05) is 5.43 Å². The summed E-state index contributed by atoms with van der Waals surface area (Å²) in [7, 11) is 0. The van der Waals surface area contributed by atoms with Crippen LogP contribution in [0.4, 0.5) is 5.82 Å². The fourth-order valence-corrected chi connectivity index (χ4v) is 2.09. The van der Waals surface area contributed by atoms with Gasteiger partial charge < -0.3 is 5.43 Å². The van der Waals surface area contributed by atoms with Crippen LogP contribution in [0.3, 0.4) is 0 Å². The van der Waals surface area contributed by atoms with Gasteiger partial charge in [-0.1, -0.05) is 31.2 Å². The first kappa shape index (κ1) is 11.7. The highest BCUT2D eigenvalue weighted by Gasteiger charge is 2.07. The van der Waals surface area contributed by atoms with Crippen molar-refractivity contribution in [3.8, 4) is 11.3 Å². The van der Waals surface area contributed by atoms with Gasteiger partial charge in [0.15, 0.2) is 5.82 Å². The van der Waals surface area contributed by atoms with Crippen molar-refractivity contribution >= 4 is 11.3 Å². The van der Waals surface area contributed by atoms with Crippen LogP contribution in [0, 0.1) is 0 Å². The first-order chi connectivity index (χ1) is 9.31. The molecule has 2 aromatic heterocycles. The number of rotatable bonds is 3. The van der Waals surface area contributed by atoms with E-state index >= 15 is 0 Å². The third-order valence-electron chi connectivity index (χ3n) is 3.18. The maximum absolute atomic E-state index is 5.45. The molecule has 1 aromatic carbocycles. The van der Waals surface area contributed by atoms with Crippen molar-refractivity contribution in [3.05, 3.63) is 48.3 Å². The van der Waals surface area contributed by atoms with Gasteiger partial charge in [-0.05, 0) is 18.1 Å². The van der Waals surface area contributed by atoms with Crippen molar-refractivity contribution in [3.63, 3.8) is 0 Å². The van der Waals surface area contributed by atoms with Gasteiger partial charge in [0.1, 0.15) is 5.52 Å². The maximum Gasteiger partial charge on any atom is 0.166 e. The molecule has 5 heteroatoms. The summed E-state index contributed by atoms with van der Waals surface area (Å²) in [6.07, 6.45) is 4.51. The molecule has 3 aromatic rings. The molecule has 0 fully saturated rings. The highest BCUT2D eigenvalue weighted by molar-refractivity contribution is 5.74. The Kier molecular flexibility index (Phi) is 2.89. The Hall–Kier alpha value is -2.40. The second-order valence-corrected chi connectivity index (χ2v) is 4.33. The molecule has 0 bridgehead atoms. The number of benzene rings is 1. The molecule has 0 spiro atoms. The molecule has 5 nitrogen and oxygen atoms in total. The summed E-state index contributed by atoms with van der Waals surface area (Å²) in [6.45, 7) is 2.14. The third kappa shape index (κ3) is 2.04. The van der Waals surface area contributed by atoms with Gasteiger partial charge in [-0.15, -0.1) is 0 Å². The number of hydrogen-bond acceptors (Lipinski definition) is 4. The lowest BCUT2D eigenvalue weighted by Crippen LogP contribution is -2.09. The van der Waals surface area contributed by atoms with E-state index in [9.17, 15) is 0 Å². The summed E-state index contributed by atoms with van der Waals surface area (Å²) >= 11 is 0. The zero-order valence-corrected chi connectivity index (χ0v) is 10.7. The Morgan fingerprint density at radius 3 is 2.74 bits per heavy atom. The van der Waals surface area contributed by atoms with Crippen LogP contribution in [0.1, 0.15) is 12.5 Å². The first-order valence-electron chi connectivity index (χ1n) is 6.22. The number of nitrogens with zero attached hydrogens (tertiary/aromatic N) is 3. The van der Waals surface area contributed by atoms with Crippen LogP contribution in [-0.2, 0) is 6.42 Å². The van der Waals surface area contributed by atoms with Crippen molar-refractivity contribution in [1.29, 1.82) is 0 Å². The molecule has 0 aliphatic rings. The molecule has 0 aliphatic carbocycles. The number of fused-ring (bicyclic) bond motifs is 1. The first-order valence-corrected chi connectivity index (χ1v) is 6.22. The number of aromatic nitrogens is 3. The number of anilines is 1. The average Bonchev–Trinajstić information content (AvgIpc) is 2.91. The van der Waals surface area contributed by atoms with E-state index in [-0.39, 0.29) is 0 Å². The molecule has 0 radical (unpaired) electrons. The van der Waals surface area contributed by atoms with E-state index in [0.717, 1.165) is 23.2 Å². The van der Waals surface area contributed by atoms with Crippen LogP contribution in [0.5, 0.6) is 0 Å². The Labute approximate surface area is 111 Å². The van der Waals surface area contributed by atoms with Crippen molar-refractivity contribution in [2.24, 2.45) is 5.84 Å². The molecule has 96 valence electrons. The Morgan fingerprint density at radius 1 is 1.26 bits per heavy atom. The Balaban J connectivity index is 2.09. The van der Waals surface area contributed by atoms with Crippen LogP contribution < -0.4 is 11.3 Å². The van der Waals surface area contributed by atoms with Gasteiger partial charge in [-0.3, -0.25) is 0 Å². The summed E-state index contributed by atoms with van der Waals surface area (Å²) in [6, 6.07) is 10.4. The molecular weight excluding hydrogens is 238 g/mol. The quantitative estimate of drug-likeness (QED) is 0.555. The van der Waals surface area contributed by atoms with Crippen molar-refractivity contribution < 1.29 is 0 Å². The molecular formula is C14H15N5. The second kappa shape index (κ2) is 4.70. The summed E-state index contributed by atoms with van der Waals surface area (Å²) in [4.78, 5) is 4.16. The van der Waals surface area contributed by atoms with E-state index in [2.05, 4.69) is 46.7 Å². The monoisotopic (exact) mass is 253 g/mol. The minimum atomic E-state index is 0.617. The molecule has 0 saturated heterocycles. The molecule has 0 aliphatic heterocycles. The molecule has 0 unspecified atom stereocenters. The number of aryl methyl sites for hydroxylation is 1.